The summed E-state index contributed by atoms with van der Waals surface area (Å²) in [5, 5.41) is 0. The van der Waals surface area contributed by atoms with E-state index < -0.39 is 9.24 Å². The van der Waals surface area contributed by atoms with Gasteiger partial charge in [-0.2, -0.15) is 12.7 Å². The van der Waals surface area contributed by atoms with E-state index in [0.717, 1.165) is 4.31 Å². The van der Waals surface area contributed by atoms with E-state index in [0.29, 0.717) is 19.6 Å². The Morgan fingerprint density at radius 3 is 2.38 bits per heavy atom. The van der Waals surface area contributed by atoms with Gasteiger partial charge in [-0.25, -0.2) is 0 Å². The quantitative estimate of drug-likeness (QED) is 0.385. The standard InChI is InChI=1S/C6H13Cl2NO3S/c1-12-6-2-4-9(5-3-7)13(8,10)11/h2-6H2,1H3. The topological polar surface area (TPSA) is 46.6 Å². The summed E-state index contributed by atoms with van der Waals surface area (Å²) in [6, 6.07) is 0. The van der Waals surface area contributed by atoms with Gasteiger partial charge in [-0.15, -0.1) is 11.6 Å². The summed E-state index contributed by atoms with van der Waals surface area (Å²) in [6.07, 6.45) is 0.610. The lowest BCUT2D eigenvalue weighted by Gasteiger charge is -2.16. The van der Waals surface area contributed by atoms with Crippen molar-refractivity contribution in [2.45, 2.75) is 6.42 Å². The van der Waals surface area contributed by atoms with E-state index in [4.69, 9.17) is 27.0 Å². The van der Waals surface area contributed by atoms with Gasteiger partial charge in [0, 0.05) is 43.4 Å². The molecular formula is C6H13Cl2NO3S. The number of rotatable bonds is 7. The zero-order chi connectivity index (χ0) is 10.3. The second kappa shape index (κ2) is 6.84. The second-order valence-electron chi connectivity index (χ2n) is 2.38. The number of nitrogens with zero attached hydrogens (tertiary/aromatic N) is 1. The minimum atomic E-state index is -3.64. The lowest BCUT2D eigenvalue weighted by atomic mass is 10.4. The molecule has 4 nitrogen and oxygen atoms in total. The van der Waals surface area contributed by atoms with E-state index in [1.54, 1.807) is 7.11 Å². The molecule has 0 bridgehead atoms. The zero-order valence-electron chi connectivity index (χ0n) is 7.37. The Hall–Kier alpha value is 0.450. The van der Waals surface area contributed by atoms with Crippen LogP contribution in [-0.4, -0.2) is 45.4 Å². The van der Waals surface area contributed by atoms with Crippen molar-refractivity contribution in [3.63, 3.8) is 0 Å². The first kappa shape index (κ1) is 13.4. The summed E-state index contributed by atoms with van der Waals surface area (Å²) in [7, 11) is 3.07. The summed E-state index contributed by atoms with van der Waals surface area (Å²) in [6.45, 7) is 1.08. The highest BCUT2D eigenvalue weighted by Gasteiger charge is 2.17. The average molecular weight is 250 g/mol. The smallest absolute Gasteiger partial charge is 0.299 e. The van der Waals surface area contributed by atoms with Crippen LogP contribution < -0.4 is 0 Å². The van der Waals surface area contributed by atoms with Crippen molar-refractivity contribution in [1.82, 2.24) is 4.31 Å². The van der Waals surface area contributed by atoms with Crippen LogP contribution in [0.25, 0.3) is 0 Å². The van der Waals surface area contributed by atoms with E-state index >= 15 is 0 Å². The van der Waals surface area contributed by atoms with Crippen LogP contribution in [0.2, 0.25) is 0 Å². The van der Waals surface area contributed by atoms with Crippen molar-refractivity contribution in [2.75, 3.05) is 32.7 Å². The first-order valence-corrected chi connectivity index (χ1v) is 6.57. The number of methoxy groups -OCH3 is 1. The third kappa shape index (κ3) is 6.51. The molecule has 13 heavy (non-hydrogen) atoms. The van der Waals surface area contributed by atoms with E-state index in [9.17, 15) is 8.42 Å². The number of ether oxygens (including phenoxy) is 1. The van der Waals surface area contributed by atoms with E-state index in [2.05, 4.69) is 0 Å². The van der Waals surface area contributed by atoms with Crippen molar-refractivity contribution in [2.24, 2.45) is 0 Å². The molecule has 0 amide bonds. The van der Waals surface area contributed by atoms with Gasteiger partial charge in [-0.1, -0.05) is 0 Å². The third-order valence-corrected chi connectivity index (χ3v) is 3.13. The van der Waals surface area contributed by atoms with Crippen molar-refractivity contribution in [3.05, 3.63) is 0 Å². The molecule has 0 aliphatic heterocycles. The fourth-order valence-electron chi connectivity index (χ4n) is 0.809. The van der Waals surface area contributed by atoms with Crippen molar-refractivity contribution in [3.8, 4) is 0 Å². The van der Waals surface area contributed by atoms with Crippen LogP contribution in [0, 0.1) is 0 Å². The predicted octanol–water partition coefficient (Wildman–Crippen LogP) is 1.05. The molecule has 80 valence electrons. The Bertz CT molecular complexity index is 220. The molecule has 0 aliphatic rings. The maximum atomic E-state index is 10.9. The number of halogens is 2. The van der Waals surface area contributed by atoms with Crippen LogP contribution in [0.15, 0.2) is 0 Å². The molecule has 0 fully saturated rings. The van der Waals surface area contributed by atoms with Crippen LogP contribution in [0.3, 0.4) is 0 Å². The summed E-state index contributed by atoms with van der Waals surface area (Å²) in [4.78, 5) is 0. The first-order valence-electron chi connectivity index (χ1n) is 3.77. The van der Waals surface area contributed by atoms with Gasteiger partial charge in [0.15, 0.2) is 0 Å². The first-order chi connectivity index (χ1) is 6.02. The molecule has 0 aliphatic carbocycles. The molecule has 0 rings (SSSR count). The number of alkyl halides is 1. The van der Waals surface area contributed by atoms with Crippen LogP contribution in [0.5, 0.6) is 0 Å². The van der Waals surface area contributed by atoms with Gasteiger partial charge in [-0.3, -0.25) is 0 Å². The maximum Gasteiger partial charge on any atom is 0.299 e. The van der Waals surface area contributed by atoms with Crippen molar-refractivity contribution >= 4 is 31.5 Å². The molecule has 0 aromatic heterocycles. The fourth-order valence-corrected chi connectivity index (χ4v) is 2.18. The molecule has 0 aromatic carbocycles. The van der Waals surface area contributed by atoms with E-state index in [1.807, 2.05) is 0 Å². The third-order valence-electron chi connectivity index (χ3n) is 1.40. The highest BCUT2D eigenvalue weighted by molar-refractivity contribution is 8.11. The Kier molecular flexibility index (Phi) is 7.07. The van der Waals surface area contributed by atoms with Crippen molar-refractivity contribution < 1.29 is 13.2 Å². The molecule has 0 unspecified atom stereocenters. The molecule has 7 heteroatoms. The Morgan fingerprint density at radius 2 is 2.00 bits per heavy atom. The highest BCUT2D eigenvalue weighted by atomic mass is 35.7. The minimum Gasteiger partial charge on any atom is -0.385 e. The lowest BCUT2D eigenvalue weighted by molar-refractivity contribution is 0.188. The molecule has 0 aromatic rings. The molecule has 0 atom stereocenters. The van der Waals surface area contributed by atoms with Crippen LogP contribution in [0.4, 0.5) is 0 Å². The maximum absolute atomic E-state index is 10.9. The number of hydrogen-bond acceptors (Lipinski definition) is 3. The van der Waals surface area contributed by atoms with E-state index in [-0.39, 0.29) is 12.4 Å². The largest absolute Gasteiger partial charge is 0.385 e. The number of hydrogen-bond donors (Lipinski definition) is 0. The Balaban J connectivity index is 3.96. The van der Waals surface area contributed by atoms with E-state index in [1.165, 1.54) is 0 Å². The van der Waals surface area contributed by atoms with Gasteiger partial charge in [0.25, 0.3) is 9.24 Å². The summed E-state index contributed by atoms with van der Waals surface area (Å²) in [5.74, 6) is 0.235. The van der Waals surface area contributed by atoms with Crippen LogP contribution in [-0.2, 0) is 14.0 Å². The summed E-state index contributed by atoms with van der Waals surface area (Å²) >= 11 is 5.42. The average Bonchev–Trinajstić information content (AvgIpc) is 2.01. The minimum absolute atomic E-state index is 0.233. The normalized spacial score (nSPS) is 12.3. The Labute approximate surface area is 88.3 Å². The van der Waals surface area contributed by atoms with Crippen LogP contribution in [0.1, 0.15) is 6.42 Å². The highest BCUT2D eigenvalue weighted by Crippen LogP contribution is 2.07. The molecule has 0 radical (unpaired) electrons. The second-order valence-corrected chi connectivity index (χ2v) is 5.27. The predicted molar refractivity (Wildman–Crippen MR) is 53.6 cm³/mol. The van der Waals surface area contributed by atoms with Gasteiger partial charge >= 0.3 is 0 Å². The van der Waals surface area contributed by atoms with Crippen LogP contribution >= 0.6 is 22.3 Å². The summed E-state index contributed by atoms with van der Waals surface area (Å²) in [5.41, 5.74) is 0. The molecule has 0 saturated heterocycles. The monoisotopic (exact) mass is 249 g/mol. The Morgan fingerprint density at radius 1 is 1.38 bits per heavy atom. The SMILES string of the molecule is COCCCN(CCCl)S(=O)(=O)Cl. The van der Waals surface area contributed by atoms with Gasteiger partial charge in [-0.05, 0) is 6.42 Å². The summed E-state index contributed by atoms with van der Waals surface area (Å²) < 4.78 is 27.7. The fraction of sp³-hybridized carbons (Fsp3) is 1.00. The lowest BCUT2D eigenvalue weighted by Crippen LogP contribution is -2.30. The van der Waals surface area contributed by atoms with Crippen molar-refractivity contribution in [1.29, 1.82) is 0 Å². The molecular weight excluding hydrogens is 237 g/mol. The molecule has 0 N–H and O–H groups in total. The van der Waals surface area contributed by atoms with Gasteiger partial charge in [0.2, 0.25) is 0 Å². The van der Waals surface area contributed by atoms with Gasteiger partial charge in [0.1, 0.15) is 0 Å². The molecule has 0 heterocycles. The zero-order valence-corrected chi connectivity index (χ0v) is 9.70. The van der Waals surface area contributed by atoms with Gasteiger partial charge in [0.05, 0.1) is 0 Å². The molecule has 0 spiro atoms. The van der Waals surface area contributed by atoms with Gasteiger partial charge < -0.3 is 4.74 Å². The molecule has 0 saturated carbocycles.